The third-order valence-corrected chi connectivity index (χ3v) is 5.38. The molecule has 148 valence electrons. The molecule has 1 aliphatic rings. The average Bonchev–Trinajstić information content (AvgIpc) is 3.30. The maximum Gasteiger partial charge on any atom is 0.246 e. The van der Waals surface area contributed by atoms with Crippen LogP contribution in [0.1, 0.15) is 19.8 Å². The molecular weight excluding hydrogens is 358 g/mol. The molecule has 1 fully saturated rings. The summed E-state index contributed by atoms with van der Waals surface area (Å²) in [4.78, 5) is 15.2. The van der Waals surface area contributed by atoms with E-state index in [1.54, 1.807) is 0 Å². The van der Waals surface area contributed by atoms with E-state index in [1.165, 1.54) is 18.5 Å². The summed E-state index contributed by atoms with van der Waals surface area (Å²) < 4.78 is 0. The summed E-state index contributed by atoms with van der Waals surface area (Å²) >= 11 is 0. The van der Waals surface area contributed by atoms with Crippen LogP contribution in [-0.4, -0.2) is 25.0 Å². The number of carbonyl (C=O) groups excluding carboxylic acids is 1. The number of hydrogen-bond acceptors (Lipinski definition) is 3. The number of nitrogens with one attached hydrogen (secondary N) is 2. The zero-order valence-electron chi connectivity index (χ0n) is 16.8. The lowest BCUT2D eigenvalue weighted by atomic mass is 10.0. The van der Waals surface area contributed by atoms with Crippen molar-refractivity contribution < 1.29 is 4.79 Å². The van der Waals surface area contributed by atoms with Gasteiger partial charge in [-0.2, -0.15) is 0 Å². The van der Waals surface area contributed by atoms with E-state index in [1.807, 2.05) is 49.4 Å². The van der Waals surface area contributed by atoms with E-state index in [0.29, 0.717) is 0 Å². The first-order valence-corrected chi connectivity index (χ1v) is 10.3. The number of hydrogen-bond donors (Lipinski definition) is 2. The fraction of sp³-hybridized carbons (Fsp3) is 0.240. The Morgan fingerprint density at radius 3 is 2.24 bits per heavy atom. The van der Waals surface area contributed by atoms with Crippen molar-refractivity contribution in [3.05, 3.63) is 78.9 Å². The highest BCUT2D eigenvalue weighted by molar-refractivity contribution is 5.99. The molecule has 0 saturated carbocycles. The summed E-state index contributed by atoms with van der Waals surface area (Å²) in [5.41, 5.74) is 5.13. The SMILES string of the molecule is C[C@@H](Nc1ccc(N2CCCC2)cc1)C(=O)Nc1ccccc1-c1ccccc1. The zero-order valence-corrected chi connectivity index (χ0v) is 16.8. The van der Waals surface area contributed by atoms with Gasteiger partial charge in [-0.25, -0.2) is 0 Å². The van der Waals surface area contributed by atoms with Gasteiger partial charge in [-0.05, 0) is 55.7 Å². The lowest BCUT2D eigenvalue weighted by Crippen LogP contribution is -2.32. The van der Waals surface area contributed by atoms with Crippen LogP contribution in [0, 0.1) is 0 Å². The molecule has 0 aromatic heterocycles. The average molecular weight is 386 g/mol. The molecule has 0 radical (unpaired) electrons. The number of nitrogens with zero attached hydrogens (tertiary/aromatic N) is 1. The summed E-state index contributed by atoms with van der Waals surface area (Å²) in [7, 11) is 0. The summed E-state index contributed by atoms with van der Waals surface area (Å²) in [5.74, 6) is -0.0583. The van der Waals surface area contributed by atoms with Gasteiger partial charge in [0.1, 0.15) is 6.04 Å². The van der Waals surface area contributed by atoms with Crippen LogP contribution in [-0.2, 0) is 4.79 Å². The van der Waals surface area contributed by atoms with Crippen LogP contribution in [0.25, 0.3) is 11.1 Å². The fourth-order valence-corrected chi connectivity index (χ4v) is 3.76. The van der Waals surface area contributed by atoms with Gasteiger partial charge < -0.3 is 15.5 Å². The molecule has 3 aromatic rings. The molecule has 0 spiro atoms. The van der Waals surface area contributed by atoms with Crippen LogP contribution in [0.15, 0.2) is 78.9 Å². The van der Waals surface area contributed by atoms with Crippen LogP contribution in [0.4, 0.5) is 17.1 Å². The van der Waals surface area contributed by atoms with Crippen molar-refractivity contribution in [2.45, 2.75) is 25.8 Å². The summed E-state index contributed by atoms with van der Waals surface area (Å²) in [5, 5.41) is 6.38. The first-order valence-electron chi connectivity index (χ1n) is 10.3. The summed E-state index contributed by atoms with van der Waals surface area (Å²) in [6.07, 6.45) is 2.53. The van der Waals surface area contributed by atoms with Gasteiger partial charge in [0.25, 0.3) is 0 Å². The lowest BCUT2D eigenvalue weighted by molar-refractivity contribution is -0.116. The van der Waals surface area contributed by atoms with Gasteiger partial charge in [-0.3, -0.25) is 4.79 Å². The number of benzene rings is 3. The summed E-state index contributed by atoms with van der Waals surface area (Å²) in [6.45, 7) is 4.15. The third-order valence-electron chi connectivity index (χ3n) is 5.38. The fourth-order valence-electron chi connectivity index (χ4n) is 3.76. The van der Waals surface area contributed by atoms with Gasteiger partial charge in [0.05, 0.1) is 0 Å². The summed E-state index contributed by atoms with van der Waals surface area (Å²) in [6, 6.07) is 26.0. The van der Waals surface area contributed by atoms with Crippen LogP contribution >= 0.6 is 0 Å². The zero-order chi connectivity index (χ0) is 20.1. The second kappa shape index (κ2) is 8.82. The Kier molecular flexibility index (Phi) is 5.80. The highest BCUT2D eigenvalue weighted by Gasteiger charge is 2.16. The second-order valence-corrected chi connectivity index (χ2v) is 7.51. The maximum absolute atomic E-state index is 12.8. The molecule has 1 aliphatic heterocycles. The van der Waals surface area contributed by atoms with Gasteiger partial charge in [0, 0.05) is 35.7 Å². The van der Waals surface area contributed by atoms with Gasteiger partial charge in [-0.1, -0.05) is 48.5 Å². The minimum Gasteiger partial charge on any atom is -0.374 e. The van der Waals surface area contributed by atoms with Crippen molar-refractivity contribution in [3.8, 4) is 11.1 Å². The topological polar surface area (TPSA) is 44.4 Å². The number of carbonyl (C=O) groups is 1. The molecule has 2 N–H and O–H groups in total. The van der Waals surface area contributed by atoms with E-state index in [-0.39, 0.29) is 11.9 Å². The molecule has 0 bridgehead atoms. The van der Waals surface area contributed by atoms with Gasteiger partial charge in [-0.15, -0.1) is 0 Å². The quantitative estimate of drug-likeness (QED) is 0.598. The predicted molar refractivity (Wildman–Crippen MR) is 121 cm³/mol. The Hall–Kier alpha value is -3.27. The van der Waals surface area contributed by atoms with Crippen molar-refractivity contribution in [2.24, 2.45) is 0 Å². The standard InChI is InChI=1S/C25H27N3O/c1-19(26-21-13-15-22(16-14-21)28-17-7-8-18-28)25(29)27-24-12-6-5-11-23(24)20-9-3-2-4-10-20/h2-6,9-16,19,26H,7-8,17-18H2,1H3,(H,27,29)/t19-/m1/s1. The second-order valence-electron chi connectivity index (χ2n) is 7.51. The Bertz CT molecular complexity index is 947. The molecule has 4 nitrogen and oxygen atoms in total. The van der Waals surface area contributed by atoms with E-state index in [4.69, 9.17) is 0 Å². The Labute approximate surface area is 172 Å². The maximum atomic E-state index is 12.8. The number of rotatable bonds is 6. The highest BCUT2D eigenvalue weighted by atomic mass is 16.2. The highest BCUT2D eigenvalue weighted by Crippen LogP contribution is 2.28. The smallest absolute Gasteiger partial charge is 0.246 e. The molecule has 4 rings (SSSR count). The molecule has 0 aliphatic carbocycles. The Morgan fingerprint density at radius 1 is 0.862 bits per heavy atom. The van der Waals surface area contributed by atoms with Crippen molar-refractivity contribution >= 4 is 23.0 Å². The van der Waals surface area contributed by atoms with Crippen molar-refractivity contribution in [2.75, 3.05) is 28.6 Å². The van der Waals surface area contributed by atoms with E-state index >= 15 is 0 Å². The molecule has 1 saturated heterocycles. The third kappa shape index (κ3) is 4.60. The van der Waals surface area contributed by atoms with Crippen LogP contribution in [0.5, 0.6) is 0 Å². The molecule has 0 unspecified atom stereocenters. The minimum absolute atomic E-state index is 0.0583. The minimum atomic E-state index is -0.350. The van der Waals surface area contributed by atoms with E-state index in [9.17, 15) is 4.79 Å². The van der Waals surface area contributed by atoms with Crippen molar-refractivity contribution in [1.82, 2.24) is 0 Å². The first-order chi connectivity index (χ1) is 14.2. The Balaban J connectivity index is 1.41. The normalized spacial score (nSPS) is 14.4. The molecule has 1 amide bonds. The van der Waals surface area contributed by atoms with Crippen LogP contribution in [0.2, 0.25) is 0 Å². The van der Waals surface area contributed by atoms with Crippen LogP contribution < -0.4 is 15.5 Å². The van der Waals surface area contributed by atoms with Crippen molar-refractivity contribution in [3.63, 3.8) is 0 Å². The monoisotopic (exact) mass is 385 g/mol. The largest absolute Gasteiger partial charge is 0.374 e. The van der Waals surface area contributed by atoms with E-state index in [0.717, 1.165) is 35.6 Å². The predicted octanol–water partition coefficient (Wildman–Crippen LogP) is 5.39. The number of para-hydroxylation sites is 1. The van der Waals surface area contributed by atoms with E-state index in [2.05, 4.69) is 51.9 Å². The molecule has 4 heteroatoms. The lowest BCUT2D eigenvalue weighted by Gasteiger charge is -2.20. The number of anilines is 3. The van der Waals surface area contributed by atoms with Gasteiger partial charge >= 0.3 is 0 Å². The first kappa shape index (κ1) is 19.1. The van der Waals surface area contributed by atoms with Crippen molar-refractivity contribution in [1.29, 1.82) is 0 Å². The van der Waals surface area contributed by atoms with Gasteiger partial charge in [0.2, 0.25) is 5.91 Å². The number of amides is 1. The molecule has 29 heavy (non-hydrogen) atoms. The molecule has 1 atom stereocenters. The van der Waals surface area contributed by atoms with E-state index < -0.39 is 0 Å². The van der Waals surface area contributed by atoms with Gasteiger partial charge in [0.15, 0.2) is 0 Å². The molecular formula is C25H27N3O. The molecule has 1 heterocycles. The van der Waals surface area contributed by atoms with Crippen LogP contribution in [0.3, 0.4) is 0 Å². The Morgan fingerprint density at radius 2 is 1.52 bits per heavy atom. The molecule has 3 aromatic carbocycles.